The van der Waals surface area contributed by atoms with Gasteiger partial charge in [-0.2, -0.15) is 5.26 Å². The average molecular weight is 520 g/mol. The highest BCUT2D eigenvalue weighted by atomic mass is 35.5. The van der Waals surface area contributed by atoms with Crippen molar-refractivity contribution in [3.05, 3.63) is 81.9 Å². The van der Waals surface area contributed by atoms with Gasteiger partial charge in [0.05, 0.1) is 19.2 Å². The van der Waals surface area contributed by atoms with Crippen molar-refractivity contribution in [2.75, 3.05) is 31.5 Å². The lowest BCUT2D eigenvalue weighted by Gasteiger charge is -2.14. The second-order valence-electron chi connectivity index (χ2n) is 8.04. The fourth-order valence-corrected chi connectivity index (χ4v) is 3.70. The number of ether oxygens (including phenoxy) is 3. The molecule has 8 nitrogen and oxygen atoms in total. The summed E-state index contributed by atoms with van der Waals surface area (Å²) < 4.78 is 16.1. The summed E-state index contributed by atoms with van der Waals surface area (Å²) in [6.07, 6.45) is 1.38. The molecule has 3 aromatic carbocycles. The van der Waals surface area contributed by atoms with Gasteiger partial charge in [0, 0.05) is 11.4 Å². The molecule has 0 bridgehead atoms. The van der Waals surface area contributed by atoms with E-state index in [1.165, 1.54) is 19.3 Å². The molecule has 3 aromatic rings. The fourth-order valence-electron chi connectivity index (χ4n) is 3.43. The number of carbonyl (C=O) groups is 2. The van der Waals surface area contributed by atoms with Crippen LogP contribution < -0.4 is 24.8 Å². The first-order chi connectivity index (χ1) is 17.7. The van der Waals surface area contributed by atoms with Crippen molar-refractivity contribution < 1.29 is 23.8 Å². The number of amides is 2. The molecule has 0 radical (unpaired) electrons. The molecular weight excluding hydrogens is 494 g/mol. The summed E-state index contributed by atoms with van der Waals surface area (Å²) in [6, 6.07) is 17.4. The van der Waals surface area contributed by atoms with Crippen LogP contribution in [0.2, 0.25) is 5.02 Å². The normalized spacial score (nSPS) is 10.8. The average Bonchev–Trinajstić information content (AvgIpc) is 2.88. The molecule has 0 aliphatic rings. The van der Waals surface area contributed by atoms with Crippen molar-refractivity contribution >= 4 is 40.9 Å². The zero-order valence-corrected chi connectivity index (χ0v) is 21.6. The number of hydrogen-bond acceptors (Lipinski definition) is 6. The minimum atomic E-state index is -0.592. The van der Waals surface area contributed by atoms with Crippen LogP contribution in [0.4, 0.5) is 11.4 Å². The summed E-state index contributed by atoms with van der Waals surface area (Å²) in [7, 11) is 2.96. The van der Waals surface area contributed by atoms with E-state index in [1.54, 1.807) is 37.4 Å². The molecule has 0 saturated heterocycles. The Labute approximate surface area is 220 Å². The van der Waals surface area contributed by atoms with E-state index in [2.05, 4.69) is 10.6 Å². The number of methoxy groups -OCH3 is 2. The number of benzene rings is 3. The molecule has 0 heterocycles. The van der Waals surface area contributed by atoms with Crippen LogP contribution in [0.3, 0.4) is 0 Å². The molecule has 2 N–H and O–H groups in total. The van der Waals surface area contributed by atoms with Crippen molar-refractivity contribution in [2.45, 2.75) is 13.8 Å². The van der Waals surface area contributed by atoms with E-state index >= 15 is 0 Å². The maximum Gasteiger partial charge on any atom is 0.266 e. The number of halogens is 1. The number of nitrogens with one attached hydrogen (secondary N) is 2. The molecular formula is C28H26ClN3O5. The molecule has 37 heavy (non-hydrogen) atoms. The predicted molar refractivity (Wildman–Crippen MR) is 143 cm³/mol. The van der Waals surface area contributed by atoms with Crippen molar-refractivity contribution in [3.8, 4) is 23.3 Å². The van der Waals surface area contributed by atoms with Crippen LogP contribution in [0.5, 0.6) is 17.2 Å². The molecule has 9 heteroatoms. The highest BCUT2D eigenvalue weighted by Crippen LogP contribution is 2.37. The van der Waals surface area contributed by atoms with E-state index < -0.39 is 5.91 Å². The quantitative estimate of drug-likeness (QED) is 0.284. The van der Waals surface area contributed by atoms with E-state index in [-0.39, 0.29) is 34.6 Å². The highest BCUT2D eigenvalue weighted by Gasteiger charge is 2.16. The molecule has 0 spiro atoms. The lowest BCUT2D eigenvalue weighted by atomic mass is 10.1. The van der Waals surface area contributed by atoms with Crippen LogP contribution in [0, 0.1) is 25.2 Å². The fraction of sp³-hybridized carbons (Fsp3) is 0.179. The highest BCUT2D eigenvalue weighted by molar-refractivity contribution is 6.32. The third kappa shape index (κ3) is 7.26. The van der Waals surface area contributed by atoms with Crippen molar-refractivity contribution in [2.24, 2.45) is 0 Å². The van der Waals surface area contributed by atoms with E-state index in [0.717, 1.165) is 11.1 Å². The van der Waals surface area contributed by atoms with Crippen molar-refractivity contribution in [1.29, 1.82) is 5.26 Å². The zero-order valence-electron chi connectivity index (χ0n) is 20.8. The van der Waals surface area contributed by atoms with Gasteiger partial charge in [-0.25, -0.2) is 0 Å². The van der Waals surface area contributed by atoms with Gasteiger partial charge < -0.3 is 24.8 Å². The first-order valence-electron chi connectivity index (χ1n) is 11.2. The van der Waals surface area contributed by atoms with Gasteiger partial charge >= 0.3 is 0 Å². The van der Waals surface area contributed by atoms with Gasteiger partial charge in [-0.3, -0.25) is 9.59 Å². The van der Waals surface area contributed by atoms with Crippen LogP contribution in [0.15, 0.2) is 60.2 Å². The van der Waals surface area contributed by atoms with Gasteiger partial charge in [-0.15, -0.1) is 0 Å². The van der Waals surface area contributed by atoms with Gasteiger partial charge in [-0.05, 0) is 73.5 Å². The Kier molecular flexibility index (Phi) is 9.14. The number of nitrogens with zero attached hydrogens (tertiary/aromatic N) is 1. The maximum atomic E-state index is 12.6. The summed E-state index contributed by atoms with van der Waals surface area (Å²) in [5.41, 5.74) is 3.52. The molecule has 0 aromatic heterocycles. The molecule has 3 rings (SSSR count). The Bertz CT molecular complexity index is 1380. The molecule has 0 saturated carbocycles. The third-order valence-corrected chi connectivity index (χ3v) is 5.56. The first kappa shape index (κ1) is 27.1. The SMILES string of the molecule is COc1ccc(NC(=O)/C(C#N)=C\c2cc(Cl)c(OCC(=O)Nc3ccc(C)cc3C)c(OC)c2)cc1. The second kappa shape index (κ2) is 12.5. The number of nitriles is 1. The summed E-state index contributed by atoms with van der Waals surface area (Å²) in [5, 5.41) is 15.2. The summed E-state index contributed by atoms with van der Waals surface area (Å²) in [5.74, 6) is 0.0900. The number of hydrogen-bond donors (Lipinski definition) is 2. The van der Waals surface area contributed by atoms with Gasteiger partial charge in [0.1, 0.15) is 17.4 Å². The smallest absolute Gasteiger partial charge is 0.266 e. The summed E-state index contributed by atoms with van der Waals surface area (Å²) in [6.45, 7) is 3.58. The first-order valence-corrected chi connectivity index (χ1v) is 11.6. The van der Waals surface area contributed by atoms with Gasteiger partial charge in [0.25, 0.3) is 11.8 Å². The van der Waals surface area contributed by atoms with E-state index in [0.29, 0.717) is 22.7 Å². The van der Waals surface area contributed by atoms with Crippen LogP contribution in [-0.4, -0.2) is 32.6 Å². The Morgan fingerprint density at radius 2 is 1.73 bits per heavy atom. The van der Waals surface area contributed by atoms with Crippen LogP contribution in [0.1, 0.15) is 16.7 Å². The van der Waals surface area contributed by atoms with E-state index in [1.807, 2.05) is 38.1 Å². The number of aryl methyl sites for hydroxylation is 2. The second-order valence-corrected chi connectivity index (χ2v) is 8.45. The van der Waals surface area contributed by atoms with E-state index in [4.69, 9.17) is 25.8 Å². The van der Waals surface area contributed by atoms with Crippen LogP contribution >= 0.6 is 11.6 Å². The number of anilines is 2. The van der Waals surface area contributed by atoms with Crippen LogP contribution in [0.25, 0.3) is 6.08 Å². The lowest BCUT2D eigenvalue weighted by Crippen LogP contribution is -2.21. The monoisotopic (exact) mass is 519 g/mol. The van der Waals surface area contributed by atoms with Crippen LogP contribution in [-0.2, 0) is 9.59 Å². The minimum Gasteiger partial charge on any atom is -0.497 e. The van der Waals surface area contributed by atoms with Gasteiger partial charge in [0.15, 0.2) is 18.1 Å². The molecule has 0 aliphatic carbocycles. The Balaban J connectivity index is 1.73. The summed E-state index contributed by atoms with van der Waals surface area (Å²) in [4.78, 5) is 25.0. The standard InChI is InChI=1S/C28H26ClN3O5/c1-17-5-10-24(18(2)11-17)32-26(33)16-37-27-23(29)13-19(14-25(27)36-4)12-20(15-30)28(34)31-21-6-8-22(35-3)9-7-21/h5-14H,16H2,1-4H3,(H,31,34)(H,32,33)/b20-12-. The number of rotatable bonds is 9. The maximum absolute atomic E-state index is 12.6. The van der Waals surface area contributed by atoms with Gasteiger partial charge in [-0.1, -0.05) is 29.3 Å². The summed E-state index contributed by atoms with van der Waals surface area (Å²) >= 11 is 6.40. The third-order valence-electron chi connectivity index (χ3n) is 5.28. The molecule has 190 valence electrons. The molecule has 0 aliphatic heterocycles. The van der Waals surface area contributed by atoms with Gasteiger partial charge in [0.2, 0.25) is 0 Å². The largest absolute Gasteiger partial charge is 0.497 e. The van der Waals surface area contributed by atoms with E-state index in [9.17, 15) is 14.9 Å². The molecule has 0 atom stereocenters. The molecule has 0 unspecified atom stereocenters. The number of carbonyl (C=O) groups excluding carboxylic acids is 2. The zero-order chi connectivity index (χ0) is 26.9. The minimum absolute atomic E-state index is 0.143. The predicted octanol–water partition coefficient (Wildman–Crippen LogP) is 5.54. The molecule has 2 amide bonds. The molecule has 0 fully saturated rings. The topological polar surface area (TPSA) is 110 Å². The van der Waals surface area contributed by atoms with Crippen molar-refractivity contribution in [1.82, 2.24) is 0 Å². The van der Waals surface area contributed by atoms with Crippen molar-refractivity contribution in [3.63, 3.8) is 0 Å². The Hall–Kier alpha value is -4.48. The lowest BCUT2D eigenvalue weighted by molar-refractivity contribution is -0.118. The Morgan fingerprint density at radius 3 is 2.35 bits per heavy atom. The Morgan fingerprint density at radius 1 is 1.00 bits per heavy atom.